The number of epoxide rings is 2. The molecule has 2 fully saturated rings. The van der Waals surface area contributed by atoms with Crippen molar-refractivity contribution in [2.45, 2.75) is 47.6 Å². The smallest absolute Gasteiger partial charge is 0.310 e. The van der Waals surface area contributed by atoms with Crippen LogP contribution in [0.25, 0.3) is 0 Å². The van der Waals surface area contributed by atoms with Crippen molar-refractivity contribution in [1.82, 2.24) is 0 Å². The number of hydrogen-bond donors (Lipinski definition) is 0. The van der Waals surface area contributed by atoms with E-state index in [2.05, 4.69) is 9.47 Å². The highest BCUT2D eigenvalue weighted by atomic mass is 19.4. The maximum Gasteiger partial charge on any atom is 0.452 e. The van der Waals surface area contributed by atoms with Gasteiger partial charge in [0, 0.05) is 0 Å². The van der Waals surface area contributed by atoms with Crippen LogP contribution in [0.4, 0.5) is 61.5 Å². The van der Waals surface area contributed by atoms with Gasteiger partial charge in [-0.15, -0.1) is 0 Å². The van der Waals surface area contributed by atoms with Gasteiger partial charge in [0.25, 0.3) is 11.2 Å². The molecule has 0 aromatic heterocycles. The molecular weight excluding hydrogens is 394 g/mol. The molecule has 2 aliphatic rings. The summed E-state index contributed by atoms with van der Waals surface area (Å²) in [4.78, 5) is 0. The molecule has 4 atom stereocenters. The maximum absolute atomic E-state index is 13.4. The van der Waals surface area contributed by atoms with E-state index in [1.54, 1.807) is 0 Å². The summed E-state index contributed by atoms with van der Waals surface area (Å²) in [7, 11) is 0. The Morgan fingerprint density at radius 1 is 0.417 bits per heavy atom. The van der Waals surface area contributed by atoms with Crippen LogP contribution in [0.2, 0.25) is 0 Å². The molecule has 2 heterocycles. The van der Waals surface area contributed by atoms with Crippen LogP contribution in [0, 0.1) is 0 Å². The summed E-state index contributed by atoms with van der Waals surface area (Å²) in [6.45, 7) is 0. The molecule has 16 heteroatoms. The number of halogens is 14. The van der Waals surface area contributed by atoms with Crippen molar-refractivity contribution in [3.05, 3.63) is 0 Å². The lowest BCUT2D eigenvalue weighted by atomic mass is 9.81. The summed E-state index contributed by atoms with van der Waals surface area (Å²) in [6, 6.07) is 0. The predicted octanol–water partition coefficient (Wildman–Crippen LogP) is 4.11. The van der Waals surface area contributed by atoms with Crippen molar-refractivity contribution in [2.24, 2.45) is 0 Å². The molecule has 142 valence electrons. The highest BCUT2D eigenvalue weighted by Gasteiger charge is 3.15. The Kier molecular flexibility index (Phi) is 3.22. The van der Waals surface area contributed by atoms with E-state index in [0.29, 0.717) is 0 Å². The Bertz CT molecular complexity index is 507. The van der Waals surface area contributed by atoms with E-state index in [4.69, 9.17) is 0 Å². The zero-order valence-electron chi connectivity index (χ0n) is 10.1. The van der Waals surface area contributed by atoms with Gasteiger partial charge in [0.05, 0.1) is 0 Å². The normalized spacial score (nSPS) is 43.8. The van der Waals surface area contributed by atoms with Gasteiger partial charge in [-0.3, -0.25) is 0 Å². The Hall–Kier alpha value is -1.06. The number of ether oxygens (including phenoxy) is 2. The van der Waals surface area contributed by atoms with Gasteiger partial charge in [-0.25, -0.2) is 0 Å². The second kappa shape index (κ2) is 4.02. The van der Waals surface area contributed by atoms with E-state index in [1.165, 1.54) is 0 Å². The molecule has 2 rings (SSSR count). The fraction of sp³-hybridized carbons (Fsp3) is 1.00. The standard InChI is InChI=1S/C8F14O2/c9-3(7(17,18)19)1(23-3,5(11,12)13)2(6(14,15)16)4(10,24-2)8(20,21)22. The molecule has 0 spiro atoms. The number of alkyl halides is 14. The monoisotopic (exact) mass is 394 g/mol. The van der Waals surface area contributed by atoms with Gasteiger partial charge < -0.3 is 9.47 Å². The lowest BCUT2D eigenvalue weighted by molar-refractivity contribution is -0.292. The number of rotatable bonds is 1. The Balaban J connectivity index is 2.77. The average molecular weight is 394 g/mol. The van der Waals surface area contributed by atoms with E-state index >= 15 is 0 Å². The molecule has 4 unspecified atom stereocenters. The van der Waals surface area contributed by atoms with Crippen LogP contribution in [-0.4, -0.2) is 47.6 Å². The van der Waals surface area contributed by atoms with Crippen LogP contribution >= 0.6 is 0 Å². The van der Waals surface area contributed by atoms with Gasteiger partial charge in [-0.2, -0.15) is 61.5 Å². The predicted molar refractivity (Wildman–Crippen MR) is 39.5 cm³/mol. The molecule has 0 radical (unpaired) electrons. The molecule has 0 bridgehead atoms. The highest BCUT2D eigenvalue weighted by molar-refractivity contribution is 5.39. The van der Waals surface area contributed by atoms with Crippen LogP contribution in [-0.2, 0) is 9.47 Å². The Morgan fingerprint density at radius 3 is 0.708 bits per heavy atom. The van der Waals surface area contributed by atoms with Crippen LogP contribution in [0.3, 0.4) is 0 Å². The minimum atomic E-state index is -7.08. The summed E-state index contributed by atoms with van der Waals surface area (Å²) < 4.78 is 182. The van der Waals surface area contributed by atoms with Crippen LogP contribution in [0.15, 0.2) is 0 Å². The summed E-state index contributed by atoms with van der Waals surface area (Å²) in [5.41, 5.74) is -12.7. The van der Waals surface area contributed by atoms with Crippen molar-refractivity contribution < 1.29 is 70.9 Å². The Morgan fingerprint density at radius 2 is 0.625 bits per heavy atom. The third-order valence-corrected chi connectivity index (χ3v) is 3.43. The molecule has 0 saturated carbocycles. The fourth-order valence-electron chi connectivity index (χ4n) is 2.36. The minimum Gasteiger partial charge on any atom is -0.310 e. The molecular formula is C8F14O2. The van der Waals surface area contributed by atoms with Crippen molar-refractivity contribution in [2.75, 3.05) is 0 Å². The van der Waals surface area contributed by atoms with Gasteiger partial charge >= 0.3 is 36.4 Å². The largest absolute Gasteiger partial charge is 0.452 e. The summed E-state index contributed by atoms with van der Waals surface area (Å²) in [5, 5.41) is 0. The number of hydrogen-bond acceptors (Lipinski definition) is 2. The van der Waals surface area contributed by atoms with Crippen molar-refractivity contribution in [1.29, 1.82) is 0 Å². The summed E-state index contributed by atoms with van der Waals surface area (Å²) in [6.07, 6.45) is -27.9. The van der Waals surface area contributed by atoms with Crippen molar-refractivity contribution in [3.63, 3.8) is 0 Å². The lowest BCUT2D eigenvalue weighted by Crippen LogP contribution is -2.64. The first-order valence-corrected chi connectivity index (χ1v) is 5.21. The van der Waals surface area contributed by atoms with Crippen LogP contribution in [0.5, 0.6) is 0 Å². The molecule has 24 heavy (non-hydrogen) atoms. The zero-order valence-corrected chi connectivity index (χ0v) is 10.1. The van der Waals surface area contributed by atoms with E-state index in [-0.39, 0.29) is 0 Å². The molecule has 0 amide bonds. The molecule has 2 nitrogen and oxygen atoms in total. The molecule has 0 aromatic rings. The quantitative estimate of drug-likeness (QED) is 0.494. The van der Waals surface area contributed by atoms with Gasteiger partial charge in [0.1, 0.15) is 0 Å². The Labute approximate surface area is 120 Å². The van der Waals surface area contributed by atoms with E-state index in [1.807, 2.05) is 0 Å². The van der Waals surface area contributed by atoms with Crippen LogP contribution < -0.4 is 0 Å². The van der Waals surface area contributed by atoms with Crippen molar-refractivity contribution >= 4 is 0 Å². The second-order valence-electron chi connectivity index (χ2n) is 4.75. The van der Waals surface area contributed by atoms with Gasteiger partial charge in [0.2, 0.25) is 0 Å². The van der Waals surface area contributed by atoms with E-state index < -0.39 is 47.6 Å². The van der Waals surface area contributed by atoms with E-state index in [9.17, 15) is 61.5 Å². The third kappa shape index (κ3) is 1.70. The highest BCUT2D eigenvalue weighted by Crippen LogP contribution is 2.82. The van der Waals surface area contributed by atoms with Gasteiger partial charge in [0.15, 0.2) is 0 Å². The fourth-order valence-corrected chi connectivity index (χ4v) is 2.36. The molecule has 0 N–H and O–H groups in total. The SMILES string of the molecule is FC(F)(F)C1(F)OC1(C(F)(F)F)C1(C(F)(F)F)OC1(F)C(F)(F)F. The maximum atomic E-state index is 13.4. The average Bonchev–Trinajstić information content (AvgIpc) is 3.07. The molecule has 2 saturated heterocycles. The first-order chi connectivity index (χ1) is 10.2. The molecule has 2 aliphatic heterocycles. The first-order valence-electron chi connectivity index (χ1n) is 5.21. The topological polar surface area (TPSA) is 25.1 Å². The first kappa shape index (κ1) is 19.3. The lowest BCUT2D eigenvalue weighted by Gasteiger charge is -2.28. The van der Waals surface area contributed by atoms with Crippen molar-refractivity contribution in [3.8, 4) is 0 Å². The van der Waals surface area contributed by atoms with E-state index in [0.717, 1.165) is 0 Å². The second-order valence-corrected chi connectivity index (χ2v) is 4.75. The molecule has 0 aliphatic carbocycles. The summed E-state index contributed by atoms with van der Waals surface area (Å²) in [5.74, 6) is -12.6. The van der Waals surface area contributed by atoms with Crippen LogP contribution in [0.1, 0.15) is 0 Å². The molecule has 0 aromatic carbocycles. The van der Waals surface area contributed by atoms with Gasteiger partial charge in [-0.05, 0) is 0 Å². The zero-order chi connectivity index (χ0) is 19.4. The van der Waals surface area contributed by atoms with Gasteiger partial charge in [-0.1, -0.05) is 0 Å². The summed E-state index contributed by atoms with van der Waals surface area (Å²) >= 11 is 0. The third-order valence-electron chi connectivity index (χ3n) is 3.43. The minimum absolute atomic E-state index is 2.46.